The first-order valence-corrected chi connectivity index (χ1v) is 5.49. The predicted octanol–water partition coefficient (Wildman–Crippen LogP) is 1.49. The monoisotopic (exact) mass is 255 g/mol. The van der Waals surface area contributed by atoms with Crippen molar-refractivity contribution in [3.8, 4) is 5.75 Å². The quantitative estimate of drug-likeness (QED) is 0.766. The molecule has 1 heterocycles. The summed E-state index contributed by atoms with van der Waals surface area (Å²) >= 11 is 0. The molecule has 0 spiro atoms. The molecular formula is C12H11F2NO3. The average molecular weight is 255 g/mol. The van der Waals surface area contributed by atoms with Crippen LogP contribution in [0.3, 0.4) is 0 Å². The van der Waals surface area contributed by atoms with Crippen molar-refractivity contribution in [3.63, 3.8) is 0 Å². The fourth-order valence-corrected chi connectivity index (χ4v) is 1.71. The Morgan fingerprint density at radius 1 is 1.17 bits per heavy atom. The second-order valence-electron chi connectivity index (χ2n) is 3.86. The third-order valence-corrected chi connectivity index (χ3v) is 2.62. The summed E-state index contributed by atoms with van der Waals surface area (Å²) < 4.78 is 30.9. The van der Waals surface area contributed by atoms with E-state index >= 15 is 0 Å². The average Bonchev–Trinajstić information content (AvgIpc) is 2.63. The Kier molecular flexibility index (Phi) is 3.55. The Balaban J connectivity index is 1.88. The number of amides is 2. The molecule has 0 atom stereocenters. The Labute approximate surface area is 102 Å². The van der Waals surface area contributed by atoms with E-state index in [4.69, 9.17) is 4.74 Å². The number of rotatable bonds is 4. The molecule has 1 fully saturated rings. The van der Waals surface area contributed by atoms with Crippen LogP contribution in [-0.2, 0) is 9.59 Å². The van der Waals surface area contributed by atoms with Crippen molar-refractivity contribution in [3.05, 3.63) is 29.8 Å². The van der Waals surface area contributed by atoms with Gasteiger partial charge in [-0.05, 0) is 12.1 Å². The molecule has 0 bridgehead atoms. The van der Waals surface area contributed by atoms with Crippen LogP contribution in [0.15, 0.2) is 18.2 Å². The van der Waals surface area contributed by atoms with E-state index in [1.54, 1.807) is 0 Å². The molecule has 0 N–H and O–H groups in total. The summed E-state index contributed by atoms with van der Waals surface area (Å²) in [4.78, 5) is 23.6. The molecule has 0 aliphatic carbocycles. The maximum absolute atomic E-state index is 13.2. The van der Waals surface area contributed by atoms with Crippen molar-refractivity contribution in [2.24, 2.45) is 0 Å². The van der Waals surface area contributed by atoms with Crippen molar-refractivity contribution >= 4 is 11.8 Å². The van der Waals surface area contributed by atoms with Gasteiger partial charge in [0, 0.05) is 18.9 Å². The van der Waals surface area contributed by atoms with Gasteiger partial charge in [0.05, 0.1) is 6.54 Å². The Morgan fingerprint density at radius 3 is 2.44 bits per heavy atom. The predicted molar refractivity (Wildman–Crippen MR) is 57.8 cm³/mol. The zero-order valence-electron chi connectivity index (χ0n) is 9.49. The number of halogens is 2. The molecule has 1 aliphatic heterocycles. The van der Waals surface area contributed by atoms with Crippen LogP contribution >= 0.6 is 0 Å². The third-order valence-electron chi connectivity index (χ3n) is 2.62. The SMILES string of the molecule is O=C1CCC(=O)N1CCOc1ccc(F)cc1F. The number of hydrogen-bond acceptors (Lipinski definition) is 3. The van der Waals surface area contributed by atoms with Gasteiger partial charge in [0.15, 0.2) is 11.6 Å². The molecule has 0 aromatic heterocycles. The molecule has 18 heavy (non-hydrogen) atoms. The number of likely N-dealkylation sites (tertiary alicyclic amines) is 1. The van der Waals surface area contributed by atoms with Gasteiger partial charge in [-0.3, -0.25) is 14.5 Å². The van der Waals surface area contributed by atoms with Crippen molar-refractivity contribution < 1.29 is 23.1 Å². The molecule has 96 valence electrons. The van der Waals surface area contributed by atoms with Crippen molar-refractivity contribution in [2.45, 2.75) is 12.8 Å². The number of hydrogen-bond donors (Lipinski definition) is 0. The largest absolute Gasteiger partial charge is 0.489 e. The summed E-state index contributed by atoms with van der Waals surface area (Å²) in [7, 11) is 0. The van der Waals surface area contributed by atoms with Gasteiger partial charge in [0.1, 0.15) is 12.4 Å². The lowest BCUT2D eigenvalue weighted by molar-refractivity contribution is -0.138. The highest BCUT2D eigenvalue weighted by Gasteiger charge is 2.28. The van der Waals surface area contributed by atoms with Gasteiger partial charge in [-0.2, -0.15) is 0 Å². The lowest BCUT2D eigenvalue weighted by Crippen LogP contribution is -2.33. The van der Waals surface area contributed by atoms with Gasteiger partial charge in [-0.15, -0.1) is 0 Å². The van der Waals surface area contributed by atoms with Gasteiger partial charge in [-0.1, -0.05) is 0 Å². The summed E-state index contributed by atoms with van der Waals surface area (Å²) in [5.41, 5.74) is 0. The van der Waals surface area contributed by atoms with Gasteiger partial charge < -0.3 is 4.74 Å². The first-order valence-electron chi connectivity index (χ1n) is 5.49. The zero-order chi connectivity index (χ0) is 13.1. The van der Waals surface area contributed by atoms with Gasteiger partial charge in [0.25, 0.3) is 0 Å². The molecule has 2 rings (SSSR count). The second-order valence-corrected chi connectivity index (χ2v) is 3.86. The van der Waals surface area contributed by atoms with E-state index in [0.717, 1.165) is 17.0 Å². The smallest absolute Gasteiger partial charge is 0.229 e. The number of nitrogens with zero attached hydrogens (tertiary/aromatic N) is 1. The van der Waals surface area contributed by atoms with Crippen LogP contribution in [0.2, 0.25) is 0 Å². The van der Waals surface area contributed by atoms with E-state index in [1.807, 2.05) is 0 Å². The minimum absolute atomic E-state index is 0.0139. The number of carbonyl (C=O) groups is 2. The Morgan fingerprint density at radius 2 is 1.83 bits per heavy atom. The van der Waals surface area contributed by atoms with E-state index in [0.29, 0.717) is 6.07 Å². The highest BCUT2D eigenvalue weighted by Crippen LogP contribution is 2.18. The van der Waals surface area contributed by atoms with E-state index in [-0.39, 0.29) is 43.6 Å². The third kappa shape index (κ3) is 2.64. The van der Waals surface area contributed by atoms with Gasteiger partial charge in [0.2, 0.25) is 11.8 Å². The summed E-state index contributed by atoms with van der Waals surface area (Å²) in [5.74, 6) is -2.10. The molecule has 1 aromatic carbocycles. The van der Waals surface area contributed by atoms with E-state index in [2.05, 4.69) is 0 Å². The maximum atomic E-state index is 13.2. The molecule has 1 aliphatic rings. The summed E-state index contributed by atoms with van der Waals surface area (Å²) in [6.07, 6.45) is 0.424. The lowest BCUT2D eigenvalue weighted by atomic mass is 10.3. The Hall–Kier alpha value is -1.98. The highest BCUT2D eigenvalue weighted by molar-refractivity contribution is 6.01. The molecule has 0 saturated carbocycles. The molecule has 1 saturated heterocycles. The van der Waals surface area contributed by atoms with E-state index < -0.39 is 11.6 Å². The molecule has 6 heteroatoms. The highest BCUT2D eigenvalue weighted by atomic mass is 19.1. The fraction of sp³-hybridized carbons (Fsp3) is 0.333. The minimum Gasteiger partial charge on any atom is -0.489 e. The normalized spacial score (nSPS) is 15.3. The van der Waals surface area contributed by atoms with Crippen LogP contribution < -0.4 is 4.74 Å². The topological polar surface area (TPSA) is 46.6 Å². The molecular weight excluding hydrogens is 244 g/mol. The molecule has 0 unspecified atom stereocenters. The number of benzene rings is 1. The lowest BCUT2D eigenvalue weighted by Gasteiger charge is -2.14. The first kappa shape index (κ1) is 12.5. The standard InChI is InChI=1S/C12H11F2NO3/c13-8-1-2-10(9(14)7-8)18-6-5-15-11(16)3-4-12(15)17/h1-2,7H,3-6H2. The molecule has 0 radical (unpaired) electrons. The van der Waals surface area contributed by atoms with Crippen molar-refractivity contribution in [2.75, 3.05) is 13.2 Å². The summed E-state index contributed by atoms with van der Waals surface area (Å²) in [6, 6.07) is 2.95. The van der Waals surface area contributed by atoms with Crippen LogP contribution in [0.5, 0.6) is 5.75 Å². The Bertz CT molecular complexity index is 474. The maximum Gasteiger partial charge on any atom is 0.229 e. The van der Waals surface area contributed by atoms with Crippen LogP contribution in [0.4, 0.5) is 8.78 Å². The number of carbonyl (C=O) groups excluding carboxylic acids is 2. The minimum atomic E-state index is -0.811. The van der Waals surface area contributed by atoms with Crippen molar-refractivity contribution in [1.29, 1.82) is 0 Å². The van der Waals surface area contributed by atoms with Crippen molar-refractivity contribution in [1.82, 2.24) is 4.90 Å². The van der Waals surface area contributed by atoms with Crippen LogP contribution in [0.1, 0.15) is 12.8 Å². The number of imide groups is 1. The van der Waals surface area contributed by atoms with E-state index in [1.165, 1.54) is 0 Å². The van der Waals surface area contributed by atoms with Crippen LogP contribution in [0, 0.1) is 11.6 Å². The first-order chi connectivity index (χ1) is 8.58. The van der Waals surface area contributed by atoms with Gasteiger partial charge >= 0.3 is 0 Å². The summed E-state index contributed by atoms with van der Waals surface area (Å²) in [5, 5.41) is 0. The van der Waals surface area contributed by atoms with E-state index in [9.17, 15) is 18.4 Å². The zero-order valence-corrected chi connectivity index (χ0v) is 9.49. The second kappa shape index (κ2) is 5.12. The molecule has 4 nitrogen and oxygen atoms in total. The summed E-state index contributed by atoms with van der Waals surface area (Å²) in [6.45, 7) is 0.0640. The fourth-order valence-electron chi connectivity index (χ4n) is 1.71. The number of ether oxygens (including phenoxy) is 1. The molecule has 2 amide bonds. The molecule has 1 aromatic rings. The van der Waals surface area contributed by atoms with Gasteiger partial charge in [-0.25, -0.2) is 8.78 Å². The van der Waals surface area contributed by atoms with Crippen LogP contribution in [-0.4, -0.2) is 29.9 Å². The van der Waals surface area contributed by atoms with Crippen LogP contribution in [0.25, 0.3) is 0 Å².